The monoisotopic (exact) mass is 450 g/mol. The van der Waals surface area contributed by atoms with Gasteiger partial charge < -0.3 is 10.6 Å². The summed E-state index contributed by atoms with van der Waals surface area (Å²) in [5.41, 5.74) is 0. The maximum atomic E-state index is 12.2. The van der Waals surface area contributed by atoms with Crippen LogP contribution in [0.3, 0.4) is 0 Å². The molecule has 0 aromatic carbocycles. The van der Waals surface area contributed by atoms with Crippen molar-refractivity contribution < 1.29 is 13.2 Å². The van der Waals surface area contributed by atoms with Gasteiger partial charge >= 0.3 is 6.18 Å². The van der Waals surface area contributed by atoms with E-state index in [0.29, 0.717) is 25.6 Å². The molecule has 0 atom stereocenters. The maximum absolute atomic E-state index is 12.2. The fourth-order valence-corrected chi connectivity index (χ4v) is 2.55. The minimum atomic E-state index is -4.16. The zero-order chi connectivity index (χ0) is 15.9. The van der Waals surface area contributed by atoms with Crippen molar-refractivity contribution in [2.75, 3.05) is 33.7 Å². The number of alkyl halides is 3. The van der Waals surface area contributed by atoms with Gasteiger partial charge in [-0.2, -0.15) is 13.2 Å². The first kappa shape index (κ1) is 21.4. The molecule has 1 rings (SSSR count). The van der Waals surface area contributed by atoms with Gasteiger partial charge in [0.25, 0.3) is 0 Å². The number of likely N-dealkylation sites (N-methyl/N-ethyl adjacent to an activating group) is 1. The first-order valence-electron chi connectivity index (χ1n) is 6.55. The molecule has 9 heteroatoms. The normalized spacial score (nSPS) is 12.2. The number of nitrogens with zero attached hydrogens (tertiary/aromatic N) is 2. The van der Waals surface area contributed by atoms with E-state index >= 15 is 0 Å². The van der Waals surface area contributed by atoms with Crippen molar-refractivity contribution in [1.82, 2.24) is 15.5 Å². The second kappa shape index (κ2) is 10.3. The molecule has 0 unspecified atom stereocenters. The lowest BCUT2D eigenvalue weighted by molar-refractivity contribution is -0.142. The molecule has 4 nitrogen and oxygen atoms in total. The third kappa shape index (κ3) is 9.46. The molecule has 1 aromatic rings. The van der Waals surface area contributed by atoms with Gasteiger partial charge in [-0.15, -0.1) is 35.3 Å². The largest absolute Gasteiger partial charge is 0.401 e. The third-order valence-electron chi connectivity index (χ3n) is 2.68. The first-order valence-corrected chi connectivity index (χ1v) is 7.37. The average Bonchev–Trinajstić information content (AvgIpc) is 2.77. The Hall–Kier alpha value is -0.550. The topological polar surface area (TPSA) is 39.7 Å². The molecule has 1 heterocycles. The molecule has 128 valence electrons. The zero-order valence-corrected chi connectivity index (χ0v) is 16.0. The summed E-state index contributed by atoms with van der Waals surface area (Å²) in [5.74, 6) is 0.585. The van der Waals surface area contributed by atoms with E-state index < -0.39 is 12.7 Å². The molecule has 0 saturated heterocycles. The van der Waals surface area contributed by atoms with Gasteiger partial charge in [-0.3, -0.25) is 9.89 Å². The van der Waals surface area contributed by atoms with Crippen LogP contribution in [-0.2, 0) is 6.54 Å². The SMILES string of the molecule is CN=C(NCCN(C)CC(F)(F)F)NCc1ccc(C)s1.I. The van der Waals surface area contributed by atoms with E-state index in [-0.39, 0.29) is 24.0 Å². The lowest BCUT2D eigenvalue weighted by atomic mass is 10.4. The van der Waals surface area contributed by atoms with Gasteiger partial charge in [-0.1, -0.05) is 0 Å². The highest BCUT2D eigenvalue weighted by Crippen LogP contribution is 2.15. The Morgan fingerprint density at radius 1 is 1.32 bits per heavy atom. The minimum absolute atomic E-state index is 0. The van der Waals surface area contributed by atoms with Crippen LogP contribution in [0.25, 0.3) is 0 Å². The molecule has 0 aliphatic carbocycles. The van der Waals surface area contributed by atoms with E-state index in [9.17, 15) is 13.2 Å². The number of aryl methyl sites for hydroxylation is 1. The summed E-state index contributed by atoms with van der Waals surface area (Å²) in [6, 6.07) is 4.08. The standard InChI is InChI=1S/C13H21F3N4S.HI/c1-10-4-5-11(21-10)8-19-12(17-2)18-6-7-20(3)9-13(14,15)16;/h4-5H,6-9H2,1-3H3,(H2,17,18,19);1H. The number of rotatable bonds is 6. The Morgan fingerprint density at radius 2 is 2.00 bits per heavy atom. The Bertz CT molecular complexity index is 462. The van der Waals surface area contributed by atoms with Gasteiger partial charge in [-0.05, 0) is 26.1 Å². The molecule has 0 fully saturated rings. The van der Waals surface area contributed by atoms with Gasteiger partial charge in [0, 0.05) is 29.9 Å². The van der Waals surface area contributed by atoms with Gasteiger partial charge in [0.1, 0.15) is 0 Å². The van der Waals surface area contributed by atoms with Crippen LogP contribution < -0.4 is 10.6 Å². The minimum Gasteiger partial charge on any atom is -0.355 e. The van der Waals surface area contributed by atoms with Crippen LogP contribution in [0.5, 0.6) is 0 Å². The molecule has 22 heavy (non-hydrogen) atoms. The van der Waals surface area contributed by atoms with E-state index in [4.69, 9.17) is 0 Å². The van der Waals surface area contributed by atoms with Gasteiger partial charge in [0.15, 0.2) is 5.96 Å². The highest BCUT2D eigenvalue weighted by molar-refractivity contribution is 14.0. The number of hydrogen-bond donors (Lipinski definition) is 2. The van der Waals surface area contributed by atoms with Crippen molar-refractivity contribution in [2.45, 2.75) is 19.6 Å². The van der Waals surface area contributed by atoms with E-state index in [1.54, 1.807) is 18.4 Å². The van der Waals surface area contributed by atoms with Crippen molar-refractivity contribution in [3.8, 4) is 0 Å². The van der Waals surface area contributed by atoms with Gasteiger partial charge in [0.2, 0.25) is 0 Å². The highest BCUT2D eigenvalue weighted by atomic mass is 127. The van der Waals surface area contributed by atoms with Crippen LogP contribution in [0.2, 0.25) is 0 Å². The maximum Gasteiger partial charge on any atom is 0.401 e. The lowest BCUT2D eigenvalue weighted by Gasteiger charge is -2.19. The van der Waals surface area contributed by atoms with Crippen LogP contribution in [0.4, 0.5) is 13.2 Å². The second-order valence-electron chi connectivity index (χ2n) is 4.72. The summed E-state index contributed by atoms with van der Waals surface area (Å²) in [4.78, 5) is 7.69. The fourth-order valence-electron chi connectivity index (χ4n) is 1.72. The second-order valence-corrected chi connectivity index (χ2v) is 6.09. The highest BCUT2D eigenvalue weighted by Gasteiger charge is 2.28. The van der Waals surface area contributed by atoms with Crippen LogP contribution in [0.1, 0.15) is 9.75 Å². The predicted molar refractivity (Wildman–Crippen MR) is 96.2 cm³/mol. The van der Waals surface area contributed by atoms with E-state index in [0.717, 1.165) is 0 Å². The molecule has 0 radical (unpaired) electrons. The molecule has 0 amide bonds. The summed E-state index contributed by atoms with van der Waals surface area (Å²) in [6.07, 6.45) is -4.16. The molecule has 0 aliphatic rings. The molecule has 1 aromatic heterocycles. The number of guanidine groups is 1. The zero-order valence-electron chi connectivity index (χ0n) is 12.8. The van der Waals surface area contributed by atoms with Gasteiger partial charge in [0.05, 0.1) is 13.1 Å². The van der Waals surface area contributed by atoms with Crippen molar-refractivity contribution in [3.05, 3.63) is 21.9 Å². The Balaban J connectivity index is 0.00000441. The van der Waals surface area contributed by atoms with Crippen molar-refractivity contribution in [1.29, 1.82) is 0 Å². The Morgan fingerprint density at radius 3 is 2.50 bits per heavy atom. The lowest BCUT2D eigenvalue weighted by Crippen LogP contribution is -2.42. The third-order valence-corrected chi connectivity index (χ3v) is 3.69. The molecular weight excluding hydrogens is 428 g/mol. The van der Waals surface area contributed by atoms with Crippen molar-refractivity contribution in [2.24, 2.45) is 4.99 Å². The van der Waals surface area contributed by atoms with Crippen LogP contribution in [0, 0.1) is 6.92 Å². The number of thiophene rings is 1. The van der Waals surface area contributed by atoms with Crippen molar-refractivity contribution in [3.63, 3.8) is 0 Å². The first-order chi connectivity index (χ1) is 9.80. The summed E-state index contributed by atoms with van der Waals surface area (Å²) in [6.45, 7) is 2.47. The molecule has 2 N–H and O–H groups in total. The van der Waals surface area contributed by atoms with E-state index in [1.807, 2.05) is 19.1 Å². The molecule has 0 aliphatic heterocycles. The summed E-state index contributed by atoms with van der Waals surface area (Å²) in [5, 5.41) is 6.13. The Kier molecular flexibility index (Phi) is 10.0. The molecule has 0 spiro atoms. The van der Waals surface area contributed by atoms with Crippen LogP contribution in [0.15, 0.2) is 17.1 Å². The molecule has 0 bridgehead atoms. The van der Waals surface area contributed by atoms with Gasteiger partial charge in [-0.25, -0.2) is 0 Å². The van der Waals surface area contributed by atoms with E-state index in [2.05, 4.69) is 15.6 Å². The number of aliphatic imine (C=N–C) groups is 1. The summed E-state index contributed by atoms with van der Waals surface area (Å²) >= 11 is 1.70. The number of nitrogens with one attached hydrogen (secondary N) is 2. The van der Waals surface area contributed by atoms with Crippen LogP contribution >= 0.6 is 35.3 Å². The smallest absolute Gasteiger partial charge is 0.355 e. The number of halogens is 4. The number of hydrogen-bond acceptors (Lipinski definition) is 3. The fraction of sp³-hybridized carbons (Fsp3) is 0.615. The summed E-state index contributed by atoms with van der Waals surface area (Å²) in [7, 11) is 3.08. The van der Waals surface area contributed by atoms with Crippen LogP contribution in [-0.4, -0.2) is 50.8 Å². The average molecular weight is 450 g/mol. The predicted octanol–water partition coefficient (Wildman–Crippen LogP) is 2.83. The molecular formula is C13H22F3IN4S. The van der Waals surface area contributed by atoms with E-state index in [1.165, 1.54) is 21.7 Å². The quantitative estimate of drug-likeness (QED) is 0.398. The molecule has 0 saturated carbocycles. The van der Waals surface area contributed by atoms with Crippen molar-refractivity contribution >= 4 is 41.3 Å². The Labute approximate surface area is 150 Å². The summed E-state index contributed by atoms with van der Waals surface area (Å²) < 4.78 is 36.5.